The number of rotatable bonds is 13. The molecule has 36 heavy (non-hydrogen) atoms. The van der Waals surface area contributed by atoms with Crippen molar-refractivity contribution in [2.24, 2.45) is 0 Å². The standard InChI is InChI=1S/C29H34FNO4S/c1-3-4-5-6-11-28(36(34,35)27-20-25(30)19-12-21(27)2)31-26-10-8-7-9-23(26)16-13-22-14-17-24(18-15-22)29(32)33/h7-10,12,14-15,17-20,28,31H,3-6,11,13,16H2,1-2H3,(H,32,33). The van der Waals surface area contributed by atoms with Gasteiger partial charge in [-0.25, -0.2) is 17.6 Å². The van der Waals surface area contributed by atoms with E-state index in [0.717, 1.165) is 48.6 Å². The van der Waals surface area contributed by atoms with Gasteiger partial charge in [-0.3, -0.25) is 0 Å². The third kappa shape index (κ3) is 7.17. The molecule has 192 valence electrons. The Morgan fingerprint density at radius 3 is 2.39 bits per heavy atom. The van der Waals surface area contributed by atoms with E-state index in [9.17, 15) is 17.6 Å². The summed E-state index contributed by atoms with van der Waals surface area (Å²) in [7, 11) is -3.84. The molecular weight excluding hydrogens is 477 g/mol. The van der Waals surface area contributed by atoms with Crippen LogP contribution in [0.3, 0.4) is 0 Å². The third-order valence-corrected chi connectivity index (χ3v) is 8.52. The summed E-state index contributed by atoms with van der Waals surface area (Å²) in [6, 6.07) is 18.3. The van der Waals surface area contributed by atoms with Crippen LogP contribution in [0.5, 0.6) is 0 Å². The summed E-state index contributed by atoms with van der Waals surface area (Å²) >= 11 is 0. The molecular formula is C29H34FNO4S. The number of hydrogen-bond acceptors (Lipinski definition) is 4. The molecule has 0 fully saturated rings. The number of sulfone groups is 1. The van der Waals surface area contributed by atoms with Gasteiger partial charge in [-0.1, -0.05) is 69.0 Å². The molecule has 0 aliphatic rings. The van der Waals surface area contributed by atoms with Crippen molar-refractivity contribution in [2.45, 2.75) is 69.1 Å². The predicted molar refractivity (Wildman–Crippen MR) is 142 cm³/mol. The molecule has 0 bridgehead atoms. The summed E-state index contributed by atoms with van der Waals surface area (Å²) in [4.78, 5) is 11.1. The lowest BCUT2D eigenvalue weighted by Crippen LogP contribution is -2.31. The number of halogens is 1. The molecule has 0 aliphatic carbocycles. The molecule has 0 heterocycles. The minimum Gasteiger partial charge on any atom is -0.478 e. The van der Waals surface area contributed by atoms with Crippen LogP contribution < -0.4 is 5.32 Å². The Morgan fingerprint density at radius 2 is 1.69 bits per heavy atom. The van der Waals surface area contributed by atoms with Crippen LogP contribution in [-0.2, 0) is 22.7 Å². The second-order valence-electron chi connectivity index (χ2n) is 9.10. The number of carboxylic acids is 1. The summed E-state index contributed by atoms with van der Waals surface area (Å²) in [6.07, 6.45) is 5.50. The van der Waals surface area contributed by atoms with Gasteiger partial charge < -0.3 is 10.4 Å². The van der Waals surface area contributed by atoms with Crippen LogP contribution in [0.15, 0.2) is 71.6 Å². The van der Waals surface area contributed by atoms with Gasteiger partial charge in [0, 0.05) is 5.69 Å². The highest BCUT2D eigenvalue weighted by Crippen LogP contribution is 2.28. The van der Waals surface area contributed by atoms with Crippen LogP contribution >= 0.6 is 0 Å². The first-order valence-electron chi connectivity index (χ1n) is 12.4. The lowest BCUT2D eigenvalue weighted by Gasteiger charge is -2.23. The number of unbranched alkanes of at least 4 members (excludes halogenated alkanes) is 3. The number of carboxylic acid groups (broad SMARTS) is 1. The zero-order valence-corrected chi connectivity index (χ0v) is 21.7. The minimum atomic E-state index is -3.84. The number of aryl methyl sites for hydroxylation is 3. The zero-order chi connectivity index (χ0) is 26.1. The van der Waals surface area contributed by atoms with E-state index in [0.29, 0.717) is 24.8 Å². The van der Waals surface area contributed by atoms with Crippen LogP contribution in [0, 0.1) is 12.7 Å². The fourth-order valence-corrected chi connectivity index (χ4v) is 6.10. The van der Waals surface area contributed by atoms with E-state index in [4.69, 9.17) is 5.11 Å². The molecule has 0 aliphatic heterocycles. The highest BCUT2D eigenvalue weighted by atomic mass is 32.2. The largest absolute Gasteiger partial charge is 0.478 e. The van der Waals surface area contributed by atoms with E-state index in [2.05, 4.69) is 12.2 Å². The number of benzene rings is 3. The van der Waals surface area contributed by atoms with Crippen LogP contribution in [0.4, 0.5) is 10.1 Å². The predicted octanol–water partition coefficient (Wildman–Crippen LogP) is 6.80. The molecule has 1 atom stereocenters. The Kier molecular flexibility index (Phi) is 9.65. The van der Waals surface area contributed by atoms with Crippen molar-refractivity contribution in [1.29, 1.82) is 0 Å². The number of carbonyl (C=O) groups is 1. The maximum atomic E-state index is 14.0. The molecule has 0 saturated heterocycles. The summed E-state index contributed by atoms with van der Waals surface area (Å²) < 4.78 is 41.3. The Morgan fingerprint density at radius 1 is 0.972 bits per heavy atom. The Hall–Kier alpha value is -3.19. The van der Waals surface area contributed by atoms with Crippen molar-refractivity contribution in [2.75, 3.05) is 5.32 Å². The van der Waals surface area contributed by atoms with Gasteiger partial charge in [0.15, 0.2) is 9.84 Å². The smallest absolute Gasteiger partial charge is 0.335 e. The molecule has 2 N–H and O–H groups in total. The van der Waals surface area contributed by atoms with E-state index < -0.39 is 27.0 Å². The number of para-hydroxylation sites is 1. The summed E-state index contributed by atoms with van der Waals surface area (Å²) in [6.45, 7) is 3.79. The van der Waals surface area contributed by atoms with Crippen molar-refractivity contribution < 1.29 is 22.7 Å². The quantitative estimate of drug-likeness (QED) is 0.247. The highest BCUT2D eigenvalue weighted by Gasteiger charge is 2.29. The van der Waals surface area contributed by atoms with Crippen molar-refractivity contribution in [3.8, 4) is 0 Å². The van der Waals surface area contributed by atoms with Crippen LogP contribution in [0.2, 0.25) is 0 Å². The molecule has 5 nitrogen and oxygen atoms in total. The topological polar surface area (TPSA) is 83.5 Å². The maximum Gasteiger partial charge on any atom is 0.335 e. The van der Waals surface area contributed by atoms with Crippen molar-refractivity contribution in [3.63, 3.8) is 0 Å². The molecule has 7 heteroatoms. The molecule has 0 radical (unpaired) electrons. The second-order valence-corrected chi connectivity index (χ2v) is 11.2. The fraction of sp³-hybridized carbons (Fsp3) is 0.345. The minimum absolute atomic E-state index is 0.0199. The van der Waals surface area contributed by atoms with E-state index >= 15 is 0 Å². The van der Waals surface area contributed by atoms with Gasteiger partial charge in [-0.2, -0.15) is 0 Å². The van der Waals surface area contributed by atoms with E-state index in [-0.39, 0.29) is 10.5 Å². The number of anilines is 1. The third-order valence-electron chi connectivity index (χ3n) is 6.37. The zero-order valence-electron chi connectivity index (χ0n) is 20.8. The molecule has 0 saturated carbocycles. The van der Waals surface area contributed by atoms with Crippen molar-refractivity contribution >= 4 is 21.5 Å². The average molecular weight is 512 g/mol. The first-order valence-corrected chi connectivity index (χ1v) is 13.9. The second kappa shape index (κ2) is 12.7. The van der Waals surface area contributed by atoms with Crippen molar-refractivity contribution in [3.05, 3.63) is 94.8 Å². The highest BCUT2D eigenvalue weighted by molar-refractivity contribution is 7.92. The lowest BCUT2D eigenvalue weighted by atomic mass is 10.0. The maximum absolute atomic E-state index is 14.0. The Bertz CT molecular complexity index is 1270. The van der Waals surface area contributed by atoms with Crippen LogP contribution in [-0.4, -0.2) is 24.9 Å². The lowest BCUT2D eigenvalue weighted by molar-refractivity contribution is 0.0697. The van der Waals surface area contributed by atoms with Gasteiger partial charge in [0.2, 0.25) is 0 Å². The van der Waals surface area contributed by atoms with Gasteiger partial charge in [-0.05, 0) is 73.2 Å². The van der Waals surface area contributed by atoms with Crippen molar-refractivity contribution in [1.82, 2.24) is 0 Å². The first-order chi connectivity index (χ1) is 17.2. The Labute approximate surface area is 213 Å². The molecule has 3 aromatic rings. The molecule has 1 unspecified atom stereocenters. The van der Waals surface area contributed by atoms with E-state index in [1.54, 1.807) is 31.2 Å². The Balaban J connectivity index is 1.84. The monoisotopic (exact) mass is 511 g/mol. The number of aromatic carboxylic acids is 1. The van der Waals surface area contributed by atoms with E-state index in [1.807, 2.05) is 24.3 Å². The van der Waals surface area contributed by atoms with Gasteiger partial charge in [-0.15, -0.1) is 0 Å². The first kappa shape index (κ1) is 27.4. The summed E-state index contributed by atoms with van der Waals surface area (Å²) in [5.41, 5.74) is 3.45. The van der Waals surface area contributed by atoms with Gasteiger partial charge in [0.05, 0.1) is 10.5 Å². The van der Waals surface area contributed by atoms with E-state index in [1.165, 1.54) is 12.1 Å². The fourth-order valence-electron chi connectivity index (χ4n) is 4.24. The number of nitrogens with one attached hydrogen (secondary N) is 1. The summed E-state index contributed by atoms with van der Waals surface area (Å²) in [5, 5.41) is 11.5. The average Bonchev–Trinajstić information content (AvgIpc) is 2.86. The normalized spacial score (nSPS) is 12.3. The molecule has 0 aromatic heterocycles. The van der Waals surface area contributed by atoms with Crippen LogP contribution in [0.1, 0.15) is 66.1 Å². The SMILES string of the molecule is CCCCCCC(Nc1ccccc1CCc1ccc(C(=O)O)cc1)S(=O)(=O)c1cc(F)ccc1C. The summed E-state index contributed by atoms with van der Waals surface area (Å²) in [5.74, 6) is -1.53. The van der Waals surface area contributed by atoms with Gasteiger partial charge >= 0.3 is 5.97 Å². The molecule has 0 spiro atoms. The van der Waals surface area contributed by atoms with Crippen LogP contribution in [0.25, 0.3) is 0 Å². The van der Waals surface area contributed by atoms with Gasteiger partial charge in [0.25, 0.3) is 0 Å². The van der Waals surface area contributed by atoms with Gasteiger partial charge in [0.1, 0.15) is 11.2 Å². The molecule has 0 amide bonds. The molecule has 3 aromatic carbocycles. The molecule has 3 rings (SSSR count). The number of hydrogen-bond donors (Lipinski definition) is 2.